The Morgan fingerprint density at radius 2 is 2.00 bits per heavy atom. The average Bonchev–Trinajstić information content (AvgIpc) is 2.40. The summed E-state index contributed by atoms with van der Waals surface area (Å²) in [6, 6.07) is 3.81. The first kappa shape index (κ1) is 12.9. The van der Waals surface area contributed by atoms with Crippen LogP contribution in [0.1, 0.15) is 27.2 Å². The minimum Gasteiger partial charge on any atom is -0.383 e. The van der Waals surface area contributed by atoms with Crippen molar-refractivity contribution in [1.82, 2.24) is 0 Å². The third-order valence-corrected chi connectivity index (χ3v) is 4.01. The maximum Gasteiger partial charge on any atom is 0.138 e. The van der Waals surface area contributed by atoms with E-state index in [2.05, 4.69) is 31.4 Å². The molecule has 1 aliphatic rings. The van der Waals surface area contributed by atoms with Crippen molar-refractivity contribution in [3.63, 3.8) is 0 Å². The Bertz CT molecular complexity index is 426. The Morgan fingerprint density at radius 3 is 2.65 bits per heavy atom. The van der Waals surface area contributed by atoms with Gasteiger partial charge in [0.15, 0.2) is 0 Å². The van der Waals surface area contributed by atoms with E-state index >= 15 is 0 Å². The second-order valence-corrected chi connectivity index (χ2v) is 6.75. The van der Waals surface area contributed by atoms with Crippen molar-refractivity contribution in [1.29, 1.82) is 0 Å². The molecule has 1 atom stereocenters. The summed E-state index contributed by atoms with van der Waals surface area (Å²) in [5, 5.41) is 6.82. The van der Waals surface area contributed by atoms with Crippen molar-refractivity contribution < 1.29 is 4.39 Å². The van der Waals surface area contributed by atoms with Gasteiger partial charge in [0.25, 0.3) is 0 Å². The van der Waals surface area contributed by atoms with Crippen LogP contribution in [-0.2, 0) is 0 Å². The fourth-order valence-electron chi connectivity index (χ4n) is 2.07. The van der Waals surface area contributed by atoms with Crippen LogP contribution in [0.4, 0.5) is 15.8 Å². The average molecular weight is 348 g/mol. The van der Waals surface area contributed by atoms with Gasteiger partial charge in [0.05, 0.1) is 14.9 Å². The zero-order chi connectivity index (χ0) is 12.6. The van der Waals surface area contributed by atoms with Crippen LogP contribution in [0.15, 0.2) is 12.1 Å². The first-order chi connectivity index (χ1) is 7.88. The molecule has 1 unspecified atom stereocenters. The number of rotatable bonds is 0. The van der Waals surface area contributed by atoms with Gasteiger partial charge in [-0.15, -0.1) is 0 Å². The topological polar surface area (TPSA) is 24.1 Å². The maximum atomic E-state index is 13.6. The SMILES string of the molecule is CC(C)(C)C1CCNc2cc(I)c(F)cc2N1. The van der Waals surface area contributed by atoms with E-state index in [1.54, 1.807) is 6.07 Å². The molecule has 0 aliphatic carbocycles. The lowest BCUT2D eigenvalue weighted by molar-refractivity contribution is 0.332. The van der Waals surface area contributed by atoms with E-state index in [1.165, 1.54) is 0 Å². The largest absolute Gasteiger partial charge is 0.383 e. The monoisotopic (exact) mass is 348 g/mol. The summed E-state index contributed by atoms with van der Waals surface area (Å²) in [5.41, 5.74) is 2.05. The van der Waals surface area contributed by atoms with Crippen LogP contribution in [0.25, 0.3) is 0 Å². The maximum absolute atomic E-state index is 13.6. The molecule has 0 saturated carbocycles. The van der Waals surface area contributed by atoms with Gasteiger partial charge in [-0.3, -0.25) is 0 Å². The molecule has 0 bridgehead atoms. The Kier molecular flexibility index (Phi) is 3.52. The molecule has 2 nitrogen and oxygen atoms in total. The molecule has 0 fully saturated rings. The fraction of sp³-hybridized carbons (Fsp3) is 0.538. The van der Waals surface area contributed by atoms with Gasteiger partial charge in [-0.05, 0) is 40.5 Å². The molecule has 0 saturated heterocycles. The number of hydrogen-bond acceptors (Lipinski definition) is 2. The third-order valence-electron chi connectivity index (χ3n) is 3.18. The summed E-state index contributed by atoms with van der Waals surface area (Å²) < 4.78 is 14.2. The highest BCUT2D eigenvalue weighted by molar-refractivity contribution is 14.1. The van der Waals surface area contributed by atoms with Gasteiger partial charge in [0, 0.05) is 18.7 Å². The highest BCUT2D eigenvalue weighted by atomic mass is 127. The Hall–Kier alpha value is -0.520. The molecule has 1 aliphatic heterocycles. The van der Waals surface area contributed by atoms with Crippen molar-refractivity contribution >= 4 is 34.0 Å². The van der Waals surface area contributed by atoms with Gasteiger partial charge in [0.1, 0.15) is 5.82 Å². The standard InChI is InChI=1S/C13H18FIN2/c1-13(2,3)12-4-5-16-10-7-9(15)8(14)6-11(10)17-12/h6-7,12,16-17H,4-5H2,1-3H3. The van der Waals surface area contributed by atoms with E-state index in [0.717, 1.165) is 24.3 Å². The van der Waals surface area contributed by atoms with E-state index in [9.17, 15) is 4.39 Å². The molecule has 2 rings (SSSR count). The summed E-state index contributed by atoms with van der Waals surface area (Å²) in [4.78, 5) is 0. The van der Waals surface area contributed by atoms with Gasteiger partial charge in [-0.25, -0.2) is 4.39 Å². The van der Waals surface area contributed by atoms with Crippen LogP contribution in [0.3, 0.4) is 0 Å². The number of nitrogens with one attached hydrogen (secondary N) is 2. The number of hydrogen-bond donors (Lipinski definition) is 2. The fourth-order valence-corrected chi connectivity index (χ4v) is 2.54. The van der Waals surface area contributed by atoms with E-state index in [1.807, 2.05) is 28.7 Å². The molecule has 2 N–H and O–H groups in total. The molecule has 1 aromatic carbocycles. The van der Waals surface area contributed by atoms with Crippen LogP contribution < -0.4 is 10.6 Å². The Labute approximate surface area is 116 Å². The summed E-state index contributed by atoms with van der Waals surface area (Å²) in [6.45, 7) is 7.54. The molecule has 17 heavy (non-hydrogen) atoms. The molecule has 1 heterocycles. The van der Waals surface area contributed by atoms with Crippen molar-refractivity contribution in [2.75, 3.05) is 17.2 Å². The summed E-state index contributed by atoms with van der Waals surface area (Å²) in [6.07, 6.45) is 1.04. The highest BCUT2D eigenvalue weighted by Gasteiger charge is 2.27. The first-order valence-electron chi connectivity index (χ1n) is 5.87. The lowest BCUT2D eigenvalue weighted by Gasteiger charge is -2.31. The first-order valence-corrected chi connectivity index (χ1v) is 6.95. The van der Waals surface area contributed by atoms with Crippen molar-refractivity contribution in [2.45, 2.75) is 33.2 Å². The van der Waals surface area contributed by atoms with Gasteiger partial charge in [0.2, 0.25) is 0 Å². The quantitative estimate of drug-likeness (QED) is 0.691. The van der Waals surface area contributed by atoms with Crippen molar-refractivity contribution in [3.05, 3.63) is 21.5 Å². The molecular formula is C13H18FIN2. The highest BCUT2D eigenvalue weighted by Crippen LogP contribution is 2.33. The van der Waals surface area contributed by atoms with E-state index in [4.69, 9.17) is 0 Å². The summed E-state index contributed by atoms with van der Waals surface area (Å²) >= 11 is 2.02. The lowest BCUT2D eigenvalue weighted by Crippen LogP contribution is -2.34. The zero-order valence-electron chi connectivity index (χ0n) is 10.4. The number of benzene rings is 1. The van der Waals surface area contributed by atoms with Crippen LogP contribution in [0.5, 0.6) is 0 Å². The van der Waals surface area contributed by atoms with Crippen LogP contribution >= 0.6 is 22.6 Å². The van der Waals surface area contributed by atoms with Gasteiger partial charge < -0.3 is 10.6 Å². The normalized spacial score (nSPS) is 19.9. The smallest absolute Gasteiger partial charge is 0.138 e. The van der Waals surface area contributed by atoms with E-state index in [-0.39, 0.29) is 11.2 Å². The summed E-state index contributed by atoms with van der Waals surface area (Å²) in [5.74, 6) is -0.159. The lowest BCUT2D eigenvalue weighted by atomic mass is 9.85. The van der Waals surface area contributed by atoms with Gasteiger partial charge >= 0.3 is 0 Å². The number of halogens is 2. The number of fused-ring (bicyclic) bond motifs is 1. The van der Waals surface area contributed by atoms with Crippen molar-refractivity contribution in [2.24, 2.45) is 5.41 Å². The zero-order valence-corrected chi connectivity index (χ0v) is 12.6. The second-order valence-electron chi connectivity index (χ2n) is 5.59. The van der Waals surface area contributed by atoms with E-state index < -0.39 is 0 Å². The van der Waals surface area contributed by atoms with Gasteiger partial charge in [-0.1, -0.05) is 20.8 Å². The predicted octanol–water partition coefficient (Wildman–Crippen LogP) is 4.07. The molecular weight excluding hydrogens is 330 g/mol. The Balaban J connectivity index is 2.34. The molecule has 0 aromatic heterocycles. The molecule has 94 valence electrons. The molecule has 0 radical (unpaired) electrons. The molecule has 1 aromatic rings. The molecule has 0 spiro atoms. The summed E-state index contributed by atoms with van der Waals surface area (Å²) in [7, 11) is 0. The molecule has 0 amide bonds. The minimum absolute atomic E-state index is 0.159. The predicted molar refractivity (Wildman–Crippen MR) is 79.1 cm³/mol. The number of anilines is 2. The van der Waals surface area contributed by atoms with E-state index in [0.29, 0.717) is 9.61 Å². The third kappa shape index (κ3) is 2.84. The van der Waals surface area contributed by atoms with Gasteiger partial charge in [-0.2, -0.15) is 0 Å². The van der Waals surface area contributed by atoms with Crippen molar-refractivity contribution in [3.8, 4) is 0 Å². The molecule has 4 heteroatoms. The minimum atomic E-state index is -0.159. The van der Waals surface area contributed by atoms with Crippen LogP contribution in [0, 0.1) is 14.8 Å². The van der Waals surface area contributed by atoms with Crippen LogP contribution in [-0.4, -0.2) is 12.6 Å². The van der Waals surface area contributed by atoms with Crippen LogP contribution in [0.2, 0.25) is 0 Å². The Morgan fingerprint density at radius 1 is 1.29 bits per heavy atom. The second kappa shape index (κ2) is 4.63.